The molecule has 3 nitrogen and oxygen atoms in total. The van der Waals surface area contributed by atoms with Crippen LogP contribution in [0.2, 0.25) is 0 Å². The Morgan fingerprint density at radius 2 is 2.14 bits per heavy atom. The maximum atomic E-state index is 5.55. The summed E-state index contributed by atoms with van der Waals surface area (Å²) in [6.45, 7) is 2.76. The van der Waals surface area contributed by atoms with Crippen molar-refractivity contribution in [1.29, 1.82) is 0 Å². The van der Waals surface area contributed by atoms with Gasteiger partial charge in [-0.25, -0.2) is 0 Å². The molecule has 0 radical (unpaired) electrons. The molecular formula is C10H13O3P. The lowest BCUT2D eigenvalue weighted by Crippen LogP contribution is -2.16. The van der Waals surface area contributed by atoms with Crippen molar-refractivity contribution in [3.8, 4) is 5.75 Å². The highest BCUT2D eigenvalue weighted by Gasteiger charge is 2.23. The zero-order valence-corrected chi connectivity index (χ0v) is 8.94. The van der Waals surface area contributed by atoms with Crippen LogP contribution in [-0.2, 0) is 9.05 Å². The van der Waals surface area contributed by atoms with E-state index in [9.17, 15) is 0 Å². The molecule has 0 spiro atoms. The van der Waals surface area contributed by atoms with E-state index < -0.39 is 8.60 Å². The van der Waals surface area contributed by atoms with Crippen LogP contribution in [0.5, 0.6) is 5.75 Å². The van der Waals surface area contributed by atoms with Gasteiger partial charge in [-0.1, -0.05) is 18.2 Å². The Labute approximate surface area is 85.0 Å². The summed E-state index contributed by atoms with van der Waals surface area (Å²) in [6, 6.07) is 9.60. The number of rotatable bonds is 2. The van der Waals surface area contributed by atoms with E-state index in [-0.39, 0.29) is 6.10 Å². The second-order valence-corrected chi connectivity index (χ2v) is 4.26. The van der Waals surface area contributed by atoms with Gasteiger partial charge < -0.3 is 9.05 Å². The third kappa shape index (κ3) is 2.68. The summed E-state index contributed by atoms with van der Waals surface area (Å²) in [5.41, 5.74) is 0. The van der Waals surface area contributed by atoms with Gasteiger partial charge in [-0.05, 0) is 25.5 Å². The molecule has 0 N–H and O–H groups in total. The average Bonchev–Trinajstić information content (AvgIpc) is 2.19. The van der Waals surface area contributed by atoms with Gasteiger partial charge in [0.1, 0.15) is 5.75 Å². The smallest absolute Gasteiger partial charge is 0.397 e. The first kappa shape index (κ1) is 9.91. The fraction of sp³-hybridized carbons (Fsp3) is 0.400. The lowest BCUT2D eigenvalue weighted by Gasteiger charge is -2.25. The first-order chi connectivity index (χ1) is 6.84. The zero-order valence-electron chi connectivity index (χ0n) is 8.05. The largest absolute Gasteiger partial charge is 0.427 e. The second-order valence-electron chi connectivity index (χ2n) is 3.17. The monoisotopic (exact) mass is 212 g/mol. The van der Waals surface area contributed by atoms with Crippen LogP contribution in [-0.4, -0.2) is 12.7 Å². The van der Waals surface area contributed by atoms with Gasteiger partial charge in [0.2, 0.25) is 0 Å². The van der Waals surface area contributed by atoms with Crippen LogP contribution in [0.1, 0.15) is 13.3 Å². The second kappa shape index (κ2) is 4.74. The van der Waals surface area contributed by atoms with Crippen molar-refractivity contribution in [3.63, 3.8) is 0 Å². The highest BCUT2D eigenvalue weighted by molar-refractivity contribution is 7.42. The minimum atomic E-state index is -1.19. The molecule has 0 aromatic heterocycles. The fourth-order valence-corrected chi connectivity index (χ4v) is 2.24. The van der Waals surface area contributed by atoms with Gasteiger partial charge >= 0.3 is 8.60 Å². The lowest BCUT2D eigenvalue weighted by molar-refractivity contribution is 0.0936. The van der Waals surface area contributed by atoms with Crippen LogP contribution in [0, 0.1) is 0 Å². The average molecular weight is 212 g/mol. The maximum absolute atomic E-state index is 5.55. The van der Waals surface area contributed by atoms with Crippen molar-refractivity contribution in [1.82, 2.24) is 0 Å². The predicted octanol–water partition coefficient (Wildman–Crippen LogP) is 3.12. The summed E-state index contributed by atoms with van der Waals surface area (Å²) in [7, 11) is -1.19. The molecule has 1 aliphatic rings. The summed E-state index contributed by atoms with van der Waals surface area (Å²) in [6.07, 6.45) is 1.18. The highest BCUT2D eigenvalue weighted by Crippen LogP contribution is 2.44. The topological polar surface area (TPSA) is 27.7 Å². The summed E-state index contributed by atoms with van der Waals surface area (Å²) in [4.78, 5) is 0. The van der Waals surface area contributed by atoms with Crippen LogP contribution >= 0.6 is 8.60 Å². The van der Waals surface area contributed by atoms with Gasteiger partial charge in [0, 0.05) is 0 Å². The summed E-state index contributed by atoms with van der Waals surface area (Å²) in [5.74, 6) is 0.799. The van der Waals surface area contributed by atoms with Crippen molar-refractivity contribution in [3.05, 3.63) is 30.3 Å². The molecule has 76 valence electrons. The molecular weight excluding hydrogens is 199 g/mol. The van der Waals surface area contributed by atoms with E-state index in [4.69, 9.17) is 13.6 Å². The first-order valence-electron chi connectivity index (χ1n) is 4.67. The van der Waals surface area contributed by atoms with E-state index >= 15 is 0 Å². The van der Waals surface area contributed by atoms with Crippen LogP contribution in [0.3, 0.4) is 0 Å². The standard InChI is InChI=1S/C10H13O3P/c1-9-7-8-11-14(12-9)13-10-5-3-2-4-6-10/h2-6,9H,7-8H2,1H3. The normalized spacial score (nSPS) is 27.2. The molecule has 1 aromatic rings. The molecule has 1 fully saturated rings. The maximum Gasteiger partial charge on any atom is 0.397 e. The highest BCUT2D eigenvalue weighted by atomic mass is 31.2. The number of hydrogen-bond donors (Lipinski definition) is 0. The van der Waals surface area contributed by atoms with E-state index in [0.717, 1.165) is 18.8 Å². The Morgan fingerprint density at radius 1 is 1.36 bits per heavy atom. The van der Waals surface area contributed by atoms with E-state index in [0.29, 0.717) is 0 Å². The van der Waals surface area contributed by atoms with E-state index in [2.05, 4.69) is 0 Å². The van der Waals surface area contributed by atoms with Crippen molar-refractivity contribution in [2.45, 2.75) is 19.4 Å². The van der Waals surface area contributed by atoms with Crippen LogP contribution in [0.4, 0.5) is 0 Å². The summed E-state index contributed by atoms with van der Waals surface area (Å²) in [5, 5.41) is 0. The predicted molar refractivity (Wildman–Crippen MR) is 55.1 cm³/mol. The molecule has 2 atom stereocenters. The number of hydrogen-bond acceptors (Lipinski definition) is 3. The summed E-state index contributed by atoms with van der Waals surface area (Å²) >= 11 is 0. The Balaban J connectivity index is 1.91. The molecule has 0 aliphatic carbocycles. The number of benzene rings is 1. The van der Waals surface area contributed by atoms with Crippen LogP contribution in [0.15, 0.2) is 30.3 Å². The van der Waals surface area contributed by atoms with Crippen molar-refractivity contribution in [2.75, 3.05) is 6.61 Å². The molecule has 0 amide bonds. The number of para-hydroxylation sites is 1. The van der Waals surface area contributed by atoms with Crippen molar-refractivity contribution in [2.24, 2.45) is 0 Å². The summed E-state index contributed by atoms with van der Waals surface area (Å²) < 4.78 is 16.4. The Bertz CT molecular complexity index is 278. The van der Waals surface area contributed by atoms with Gasteiger partial charge in [-0.2, -0.15) is 0 Å². The molecule has 1 saturated heterocycles. The Hall–Kier alpha value is -0.630. The van der Waals surface area contributed by atoms with E-state index in [1.54, 1.807) is 0 Å². The molecule has 2 unspecified atom stereocenters. The lowest BCUT2D eigenvalue weighted by atomic mass is 10.3. The van der Waals surface area contributed by atoms with E-state index in [1.807, 2.05) is 37.3 Å². The van der Waals surface area contributed by atoms with Gasteiger partial charge in [0.25, 0.3) is 0 Å². The Morgan fingerprint density at radius 3 is 2.86 bits per heavy atom. The minimum Gasteiger partial charge on any atom is -0.427 e. The van der Waals surface area contributed by atoms with Crippen molar-refractivity contribution < 1.29 is 13.6 Å². The van der Waals surface area contributed by atoms with Gasteiger partial charge in [-0.3, -0.25) is 4.52 Å². The third-order valence-corrected chi connectivity index (χ3v) is 3.20. The molecule has 1 heterocycles. The van der Waals surface area contributed by atoms with Gasteiger partial charge in [-0.15, -0.1) is 0 Å². The van der Waals surface area contributed by atoms with Crippen LogP contribution < -0.4 is 4.52 Å². The quantitative estimate of drug-likeness (QED) is 0.705. The van der Waals surface area contributed by atoms with E-state index in [1.165, 1.54) is 0 Å². The molecule has 14 heavy (non-hydrogen) atoms. The Kier molecular flexibility index (Phi) is 3.35. The molecule has 0 saturated carbocycles. The molecule has 0 bridgehead atoms. The van der Waals surface area contributed by atoms with Gasteiger partial charge in [0.05, 0.1) is 12.7 Å². The fourth-order valence-electron chi connectivity index (χ4n) is 1.14. The SMILES string of the molecule is CC1CCOP(Oc2ccccc2)O1. The van der Waals surface area contributed by atoms with Crippen LogP contribution in [0.25, 0.3) is 0 Å². The molecule has 4 heteroatoms. The van der Waals surface area contributed by atoms with Gasteiger partial charge in [0.15, 0.2) is 0 Å². The molecule has 1 aromatic carbocycles. The first-order valence-corrected chi connectivity index (χ1v) is 5.77. The third-order valence-electron chi connectivity index (χ3n) is 1.91. The molecule has 1 aliphatic heterocycles. The van der Waals surface area contributed by atoms with Crippen molar-refractivity contribution >= 4 is 8.60 Å². The zero-order chi connectivity index (χ0) is 9.80. The minimum absolute atomic E-state index is 0.235. The molecule has 2 rings (SSSR count).